The molecule has 0 spiro atoms. The molecule has 1 unspecified atom stereocenters. The number of halogens is 1. The van der Waals surface area contributed by atoms with Crippen molar-refractivity contribution in [1.29, 1.82) is 5.26 Å². The van der Waals surface area contributed by atoms with E-state index in [0.29, 0.717) is 0 Å². The second-order valence-corrected chi connectivity index (χ2v) is 4.16. The molecule has 1 aromatic rings. The van der Waals surface area contributed by atoms with Gasteiger partial charge in [0.05, 0.1) is 18.7 Å². The second kappa shape index (κ2) is 5.05. The van der Waals surface area contributed by atoms with Crippen molar-refractivity contribution in [2.45, 2.75) is 18.9 Å². The molecular formula is C13H12FNO3. The summed E-state index contributed by atoms with van der Waals surface area (Å²) in [6, 6.07) is 5.71. The third-order valence-electron chi connectivity index (χ3n) is 2.80. The van der Waals surface area contributed by atoms with Gasteiger partial charge in [0.25, 0.3) is 0 Å². The largest absolute Gasteiger partial charge is 0.475 e. The minimum Gasteiger partial charge on any atom is -0.475 e. The van der Waals surface area contributed by atoms with Gasteiger partial charge < -0.3 is 9.47 Å². The van der Waals surface area contributed by atoms with E-state index < -0.39 is 17.9 Å². The van der Waals surface area contributed by atoms with Gasteiger partial charge in [-0.15, -0.1) is 0 Å². The fourth-order valence-corrected chi connectivity index (χ4v) is 1.65. The van der Waals surface area contributed by atoms with Crippen LogP contribution in [0.25, 0.3) is 0 Å². The molecule has 1 fully saturated rings. The Labute approximate surface area is 104 Å². The summed E-state index contributed by atoms with van der Waals surface area (Å²) in [5.41, 5.74) is 0.209. The summed E-state index contributed by atoms with van der Waals surface area (Å²) in [7, 11) is 1.27. The van der Waals surface area contributed by atoms with Gasteiger partial charge in [0.15, 0.2) is 17.7 Å². The van der Waals surface area contributed by atoms with Gasteiger partial charge >= 0.3 is 5.97 Å². The number of methoxy groups -OCH3 is 1. The second-order valence-electron chi connectivity index (χ2n) is 4.16. The average molecular weight is 249 g/mol. The maximum atomic E-state index is 13.6. The number of ether oxygens (including phenoxy) is 2. The Kier molecular flexibility index (Phi) is 3.47. The Hall–Kier alpha value is -2.09. The summed E-state index contributed by atoms with van der Waals surface area (Å²) < 4.78 is 23.6. The molecule has 4 nitrogen and oxygen atoms in total. The molecule has 1 aliphatic rings. The monoisotopic (exact) mass is 249 g/mol. The molecule has 0 saturated heterocycles. The molecule has 0 aromatic heterocycles. The van der Waals surface area contributed by atoms with Crippen molar-refractivity contribution in [3.63, 3.8) is 0 Å². The quantitative estimate of drug-likeness (QED) is 0.766. The van der Waals surface area contributed by atoms with Crippen molar-refractivity contribution in [2.75, 3.05) is 7.11 Å². The lowest BCUT2D eigenvalue weighted by Crippen LogP contribution is -2.31. The van der Waals surface area contributed by atoms with Crippen LogP contribution < -0.4 is 4.74 Å². The highest BCUT2D eigenvalue weighted by molar-refractivity contribution is 5.75. The number of rotatable bonds is 4. The summed E-state index contributed by atoms with van der Waals surface area (Å²) >= 11 is 0. The third kappa shape index (κ3) is 2.59. The van der Waals surface area contributed by atoms with E-state index in [1.165, 1.54) is 19.2 Å². The molecule has 1 aliphatic carbocycles. The number of nitriles is 1. The predicted molar refractivity (Wildman–Crippen MR) is 60.3 cm³/mol. The molecule has 94 valence electrons. The molecule has 0 N–H and O–H groups in total. The van der Waals surface area contributed by atoms with Gasteiger partial charge in [0.1, 0.15) is 0 Å². The fourth-order valence-electron chi connectivity index (χ4n) is 1.65. The fraction of sp³-hybridized carbons (Fsp3) is 0.385. The minimum atomic E-state index is -0.766. The van der Waals surface area contributed by atoms with Crippen molar-refractivity contribution in [3.05, 3.63) is 29.6 Å². The zero-order valence-electron chi connectivity index (χ0n) is 9.85. The Morgan fingerprint density at radius 2 is 2.28 bits per heavy atom. The Bertz CT molecular complexity index is 505. The van der Waals surface area contributed by atoms with Crippen LogP contribution in [0.5, 0.6) is 5.75 Å². The lowest BCUT2D eigenvalue weighted by Gasteiger charge is -2.16. The van der Waals surface area contributed by atoms with Crippen molar-refractivity contribution in [1.82, 2.24) is 0 Å². The van der Waals surface area contributed by atoms with E-state index in [0.717, 1.165) is 18.9 Å². The molecule has 0 radical (unpaired) electrons. The van der Waals surface area contributed by atoms with Gasteiger partial charge in [-0.05, 0) is 31.0 Å². The normalized spacial score (nSPS) is 15.6. The average Bonchev–Trinajstić information content (AvgIpc) is 3.20. The first-order valence-electron chi connectivity index (χ1n) is 5.60. The van der Waals surface area contributed by atoms with Crippen LogP contribution in [0.3, 0.4) is 0 Å². The topological polar surface area (TPSA) is 59.3 Å². The van der Waals surface area contributed by atoms with Crippen LogP contribution in [-0.2, 0) is 9.53 Å². The van der Waals surface area contributed by atoms with Crippen LogP contribution >= 0.6 is 0 Å². The number of hydrogen-bond acceptors (Lipinski definition) is 4. The van der Waals surface area contributed by atoms with Gasteiger partial charge in [0, 0.05) is 5.92 Å². The minimum absolute atomic E-state index is 0.0312. The van der Waals surface area contributed by atoms with E-state index >= 15 is 0 Å². The number of benzene rings is 1. The van der Waals surface area contributed by atoms with Crippen molar-refractivity contribution >= 4 is 5.97 Å². The molecule has 0 amide bonds. The lowest BCUT2D eigenvalue weighted by molar-refractivity contribution is -0.149. The number of carbonyl (C=O) groups is 1. The highest BCUT2D eigenvalue weighted by Gasteiger charge is 2.39. The predicted octanol–water partition coefficient (Wildman–Crippen LogP) is 2.03. The maximum Gasteiger partial charge on any atom is 0.347 e. The van der Waals surface area contributed by atoms with Crippen LogP contribution in [0.2, 0.25) is 0 Å². The summed E-state index contributed by atoms with van der Waals surface area (Å²) in [6.07, 6.45) is 0.979. The first kappa shape index (κ1) is 12.4. The zero-order chi connectivity index (χ0) is 13.1. The van der Waals surface area contributed by atoms with E-state index in [1.54, 1.807) is 0 Å². The lowest BCUT2D eigenvalue weighted by atomic mass is 10.2. The van der Waals surface area contributed by atoms with Gasteiger partial charge in [-0.2, -0.15) is 5.26 Å². The molecule has 18 heavy (non-hydrogen) atoms. The standard InChI is InChI=1S/C13H12FNO3/c1-17-13(16)12(9-3-4-9)18-11-5-2-8(7-15)6-10(11)14/h2,5-6,9,12H,3-4H2,1H3. The molecule has 5 heteroatoms. The molecule has 0 bridgehead atoms. The molecule has 1 aromatic carbocycles. The first-order valence-corrected chi connectivity index (χ1v) is 5.60. The van der Waals surface area contributed by atoms with Gasteiger partial charge in [-0.1, -0.05) is 0 Å². The highest BCUT2D eigenvalue weighted by atomic mass is 19.1. The van der Waals surface area contributed by atoms with Gasteiger partial charge in [-0.25, -0.2) is 9.18 Å². The summed E-state index contributed by atoms with van der Waals surface area (Å²) in [6.45, 7) is 0. The molecule has 1 saturated carbocycles. The van der Waals surface area contributed by atoms with Crippen LogP contribution in [0.15, 0.2) is 18.2 Å². The van der Waals surface area contributed by atoms with E-state index in [-0.39, 0.29) is 17.2 Å². The van der Waals surface area contributed by atoms with Crippen molar-refractivity contribution in [3.8, 4) is 11.8 Å². The molecule has 2 rings (SSSR count). The van der Waals surface area contributed by atoms with E-state index in [9.17, 15) is 9.18 Å². The molecule has 0 heterocycles. The summed E-state index contributed by atoms with van der Waals surface area (Å²) in [5.74, 6) is -1.09. The zero-order valence-corrected chi connectivity index (χ0v) is 9.85. The highest BCUT2D eigenvalue weighted by Crippen LogP contribution is 2.36. The van der Waals surface area contributed by atoms with E-state index in [1.807, 2.05) is 6.07 Å². The maximum absolute atomic E-state index is 13.6. The van der Waals surface area contributed by atoms with Crippen LogP contribution in [0.4, 0.5) is 4.39 Å². The summed E-state index contributed by atoms with van der Waals surface area (Å²) in [4.78, 5) is 11.5. The van der Waals surface area contributed by atoms with Crippen LogP contribution in [0.1, 0.15) is 18.4 Å². The number of esters is 1. The van der Waals surface area contributed by atoms with E-state index in [2.05, 4.69) is 4.74 Å². The van der Waals surface area contributed by atoms with Gasteiger partial charge in [-0.3, -0.25) is 0 Å². The number of hydrogen-bond donors (Lipinski definition) is 0. The summed E-state index contributed by atoms with van der Waals surface area (Å²) in [5, 5.41) is 8.63. The number of nitrogens with zero attached hydrogens (tertiary/aromatic N) is 1. The van der Waals surface area contributed by atoms with E-state index in [4.69, 9.17) is 10.00 Å². The molecule has 0 aliphatic heterocycles. The first-order chi connectivity index (χ1) is 8.65. The SMILES string of the molecule is COC(=O)C(Oc1ccc(C#N)cc1F)C1CC1. The third-order valence-corrected chi connectivity index (χ3v) is 2.80. The number of carbonyl (C=O) groups excluding carboxylic acids is 1. The Balaban J connectivity index is 2.16. The smallest absolute Gasteiger partial charge is 0.347 e. The molecule has 1 atom stereocenters. The van der Waals surface area contributed by atoms with Crippen molar-refractivity contribution < 1.29 is 18.7 Å². The Morgan fingerprint density at radius 3 is 2.78 bits per heavy atom. The Morgan fingerprint density at radius 1 is 1.56 bits per heavy atom. The van der Waals surface area contributed by atoms with Crippen LogP contribution in [0, 0.1) is 23.1 Å². The van der Waals surface area contributed by atoms with Crippen molar-refractivity contribution in [2.24, 2.45) is 5.92 Å². The van der Waals surface area contributed by atoms with Gasteiger partial charge in [0.2, 0.25) is 0 Å². The van der Waals surface area contributed by atoms with Crippen LogP contribution in [-0.4, -0.2) is 19.2 Å². The molecular weight excluding hydrogens is 237 g/mol.